The zero-order valence-electron chi connectivity index (χ0n) is 16.6. The van der Waals surface area contributed by atoms with Crippen molar-refractivity contribution in [3.63, 3.8) is 0 Å². The molecule has 2 amide bonds. The molecule has 150 valence electrons. The zero-order valence-corrected chi connectivity index (χ0v) is 17.4. The fourth-order valence-electron chi connectivity index (χ4n) is 4.43. The highest BCUT2D eigenvalue weighted by atomic mass is 32.1. The first-order valence-corrected chi connectivity index (χ1v) is 11.2. The van der Waals surface area contributed by atoms with Crippen LogP contribution in [0.25, 0.3) is 0 Å². The second-order valence-corrected chi connectivity index (χ2v) is 9.16. The molecule has 1 aliphatic heterocycles. The van der Waals surface area contributed by atoms with Gasteiger partial charge >= 0.3 is 11.8 Å². The van der Waals surface area contributed by atoms with Gasteiger partial charge in [0.15, 0.2) is 0 Å². The monoisotopic (exact) mass is 394 g/mol. The smallest absolute Gasteiger partial charge is 0.309 e. The lowest BCUT2D eigenvalue weighted by molar-refractivity contribution is -1.02. The average Bonchev–Trinajstić information content (AvgIpc) is 3.18. The summed E-state index contributed by atoms with van der Waals surface area (Å²) in [6, 6.07) is 4.49. The molecule has 1 aliphatic carbocycles. The number of quaternary nitrogens is 2. The summed E-state index contributed by atoms with van der Waals surface area (Å²) in [5.41, 5.74) is 0. The van der Waals surface area contributed by atoms with Gasteiger partial charge in [-0.2, -0.15) is 0 Å². The Balaban J connectivity index is 1.60. The number of rotatable bonds is 5. The molecule has 1 aromatic rings. The summed E-state index contributed by atoms with van der Waals surface area (Å²) in [6.07, 6.45) is 5.48. The topological polar surface area (TPSA) is 67.1 Å². The summed E-state index contributed by atoms with van der Waals surface area (Å²) >= 11 is 1.74. The maximum Gasteiger partial charge on any atom is 0.309 e. The van der Waals surface area contributed by atoms with Crippen LogP contribution in [0.2, 0.25) is 0 Å². The van der Waals surface area contributed by atoms with Crippen molar-refractivity contribution in [2.45, 2.75) is 57.2 Å². The number of piperazine rings is 1. The molecule has 0 unspecified atom stereocenters. The van der Waals surface area contributed by atoms with Crippen LogP contribution in [0.15, 0.2) is 17.5 Å². The summed E-state index contributed by atoms with van der Waals surface area (Å²) in [7, 11) is 2.23. The number of carbonyl (C=O) groups is 2. The molecule has 2 heterocycles. The number of hydrogen-bond acceptors (Lipinski definition) is 3. The first kappa shape index (κ1) is 20.3. The third-order valence-corrected chi connectivity index (χ3v) is 7.00. The van der Waals surface area contributed by atoms with Crippen molar-refractivity contribution in [2.75, 3.05) is 33.2 Å². The van der Waals surface area contributed by atoms with Crippen LogP contribution in [0.3, 0.4) is 0 Å². The van der Waals surface area contributed by atoms with Crippen molar-refractivity contribution in [3.05, 3.63) is 22.4 Å². The third-order valence-electron chi connectivity index (χ3n) is 6.04. The van der Waals surface area contributed by atoms with Gasteiger partial charge in [0.2, 0.25) is 0 Å². The van der Waals surface area contributed by atoms with Crippen molar-refractivity contribution in [1.82, 2.24) is 10.6 Å². The van der Waals surface area contributed by atoms with Gasteiger partial charge in [-0.15, -0.1) is 11.3 Å². The summed E-state index contributed by atoms with van der Waals surface area (Å²) in [5, 5.41) is 8.01. The Bertz CT molecular complexity index is 608. The molecule has 1 saturated carbocycles. The molecule has 2 atom stereocenters. The lowest BCUT2D eigenvalue weighted by atomic mass is 9.95. The predicted octanol–water partition coefficient (Wildman–Crippen LogP) is -0.844. The van der Waals surface area contributed by atoms with Gasteiger partial charge in [-0.3, -0.25) is 9.59 Å². The highest BCUT2D eigenvalue weighted by molar-refractivity contribution is 7.10. The fraction of sp³-hybridized carbons (Fsp3) is 0.700. The maximum absolute atomic E-state index is 12.5. The average molecular weight is 395 g/mol. The number of thiophene rings is 1. The van der Waals surface area contributed by atoms with Gasteiger partial charge < -0.3 is 20.4 Å². The normalized spacial score (nSPS) is 26.1. The van der Waals surface area contributed by atoms with E-state index in [0.29, 0.717) is 0 Å². The standard InChI is InChI=1S/C20H32N4O2S/c1-15(21-19(25)20(26)22-16-7-4-3-5-8-16)18(17-9-6-14-27-17)24-12-10-23(2)11-13-24/h6,9,14-16,18H,3-5,7-8,10-13H2,1-2H3,(H,21,25)(H,22,26)/p+2/t15-,18-/m0/s1. The Morgan fingerprint density at radius 3 is 2.44 bits per heavy atom. The van der Waals surface area contributed by atoms with Crippen molar-refractivity contribution < 1.29 is 19.4 Å². The molecule has 1 aromatic heterocycles. The highest BCUT2D eigenvalue weighted by Gasteiger charge is 2.35. The molecule has 2 fully saturated rings. The van der Waals surface area contributed by atoms with E-state index in [1.807, 2.05) is 6.92 Å². The van der Waals surface area contributed by atoms with Gasteiger partial charge in [-0.05, 0) is 31.2 Å². The molecule has 27 heavy (non-hydrogen) atoms. The van der Waals surface area contributed by atoms with E-state index >= 15 is 0 Å². The molecule has 0 spiro atoms. The minimum atomic E-state index is -0.492. The second kappa shape index (κ2) is 9.66. The molecule has 0 bridgehead atoms. The summed E-state index contributed by atoms with van der Waals surface area (Å²) in [4.78, 5) is 29.2. The number of hydrogen-bond donors (Lipinski definition) is 4. The molecule has 3 rings (SSSR count). The van der Waals surface area contributed by atoms with Crippen LogP contribution in [0.5, 0.6) is 0 Å². The Morgan fingerprint density at radius 1 is 1.11 bits per heavy atom. The summed E-state index contributed by atoms with van der Waals surface area (Å²) in [6.45, 7) is 6.49. The van der Waals surface area contributed by atoms with Gasteiger partial charge in [0, 0.05) is 6.04 Å². The molecule has 7 heteroatoms. The molecule has 4 N–H and O–H groups in total. The minimum absolute atomic E-state index is 0.0818. The lowest BCUT2D eigenvalue weighted by Gasteiger charge is -2.35. The first-order chi connectivity index (χ1) is 13.0. The van der Waals surface area contributed by atoms with Gasteiger partial charge in [-0.1, -0.05) is 25.3 Å². The van der Waals surface area contributed by atoms with Gasteiger partial charge in [0.25, 0.3) is 0 Å². The van der Waals surface area contributed by atoms with Crippen LogP contribution in [0, 0.1) is 0 Å². The molecule has 6 nitrogen and oxygen atoms in total. The second-order valence-electron chi connectivity index (χ2n) is 8.18. The van der Waals surface area contributed by atoms with Gasteiger partial charge in [-0.25, -0.2) is 0 Å². The largest absolute Gasteiger partial charge is 0.345 e. The quantitative estimate of drug-likeness (QED) is 0.492. The van der Waals surface area contributed by atoms with Crippen LogP contribution in [0.1, 0.15) is 49.9 Å². The summed E-state index contributed by atoms with van der Waals surface area (Å²) < 4.78 is 0. The van der Waals surface area contributed by atoms with Crippen molar-refractivity contribution in [2.24, 2.45) is 0 Å². The Kier molecular flexibility index (Phi) is 7.26. The van der Waals surface area contributed by atoms with E-state index < -0.39 is 11.8 Å². The van der Waals surface area contributed by atoms with Crippen molar-refractivity contribution in [3.8, 4) is 0 Å². The Morgan fingerprint density at radius 2 is 1.81 bits per heavy atom. The number of carbonyl (C=O) groups excluding carboxylic acids is 2. The molecule has 2 aliphatic rings. The van der Waals surface area contributed by atoms with E-state index in [4.69, 9.17) is 0 Å². The van der Waals surface area contributed by atoms with E-state index in [9.17, 15) is 9.59 Å². The van der Waals surface area contributed by atoms with Crippen LogP contribution < -0.4 is 20.4 Å². The van der Waals surface area contributed by atoms with Gasteiger partial charge in [0.05, 0.1) is 18.0 Å². The number of likely N-dealkylation sites (N-methyl/N-ethyl adjacent to an activating group) is 1. The Labute approximate surface area is 166 Å². The van der Waals surface area contributed by atoms with Crippen LogP contribution in [-0.2, 0) is 9.59 Å². The van der Waals surface area contributed by atoms with Crippen LogP contribution >= 0.6 is 11.3 Å². The van der Waals surface area contributed by atoms with Crippen molar-refractivity contribution in [1.29, 1.82) is 0 Å². The maximum atomic E-state index is 12.5. The van der Waals surface area contributed by atoms with E-state index in [-0.39, 0.29) is 18.1 Å². The van der Waals surface area contributed by atoms with E-state index in [2.05, 4.69) is 35.2 Å². The first-order valence-electron chi connectivity index (χ1n) is 10.3. The third kappa shape index (κ3) is 5.53. The van der Waals surface area contributed by atoms with Crippen LogP contribution in [-0.4, -0.2) is 57.1 Å². The fourth-order valence-corrected chi connectivity index (χ4v) is 5.42. The Hall–Kier alpha value is -1.44. The number of nitrogens with one attached hydrogen (secondary N) is 4. The van der Waals surface area contributed by atoms with E-state index in [1.165, 1.54) is 16.2 Å². The molecular formula is C20H34N4O2S+2. The predicted molar refractivity (Wildman–Crippen MR) is 107 cm³/mol. The van der Waals surface area contributed by atoms with Crippen molar-refractivity contribution >= 4 is 23.2 Å². The van der Waals surface area contributed by atoms with Gasteiger partial charge in [0.1, 0.15) is 32.2 Å². The van der Waals surface area contributed by atoms with Crippen LogP contribution in [0.4, 0.5) is 0 Å². The molecular weight excluding hydrogens is 360 g/mol. The summed E-state index contributed by atoms with van der Waals surface area (Å²) in [5.74, 6) is -0.967. The highest BCUT2D eigenvalue weighted by Crippen LogP contribution is 2.20. The minimum Gasteiger partial charge on any atom is -0.345 e. The zero-order chi connectivity index (χ0) is 19.2. The molecule has 1 saturated heterocycles. The lowest BCUT2D eigenvalue weighted by Crippen LogP contribution is -3.27. The molecule has 0 radical (unpaired) electrons. The van der Waals surface area contributed by atoms with E-state index in [0.717, 1.165) is 51.9 Å². The van der Waals surface area contributed by atoms with E-state index in [1.54, 1.807) is 16.2 Å². The SMILES string of the molecule is C[C@H](NC(=O)C(=O)NC1CCCCC1)[C@@H](c1cccs1)[NH+]1CC[NH+](C)CC1. The number of amides is 2. The molecule has 0 aromatic carbocycles.